The Labute approximate surface area is 187 Å². The number of pyridine rings is 1. The molecule has 31 heavy (non-hydrogen) atoms. The van der Waals surface area contributed by atoms with Crippen LogP contribution < -0.4 is 10.9 Å². The van der Waals surface area contributed by atoms with Gasteiger partial charge in [-0.1, -0.05) is 54.9 Å². The Bertz CT molecular complexity index is 1290. The zero-order valence-electron chi connectivity index (χ0n) is 16.9. The first kappa shape index (κ1) is 20.2. The molecule has 0 atom stereocenters. The normalized spacial score (nSPS) is 14.5. The van der Waals surface area contributed by atoms with Gasteiger partial charge in [-0.15, -0.1) is 11.3 Å². The van der Waals surface area contributed by atoms with Crippen LogP contribution in [0.4, 0.5) is 0 Å². The van der Waals surface area contributed by atoms with Gasteiger partial charge in [0.25, 0.3) is 5.56 Å². The lowest BCUT2D eigenvalue weighted by Gasteiger charge is -2.14. The van der Waals surface area contributed by atoms with Crippen molar-refractivity contribution < 1.29 is 4.79 Å². The number of thioether (sulfide) groups is 1. The first-order chi connectivity index (χ1) is 15.2. The molecule has 1 saturated carbocycles. The maximum absolute atomic E-state index is 13.4. The molecule has 4 aromatic rings. The molecule has 0 spiro atoms. The number of nitrogens with zero attached hydrogens (tertiary/aromatic N) is 3. The Morgan fingerprint density at radius 2 is 1.97 bits per heavy atom. The van der Waals surface area contributed by atoms with Crippen LogP contribution >= 0.6 is 23.1 Å². The number of amides is 1. The average molecular weight is 451 g/mol. The highest BCUT2D eigenvalue weighted by Gasteiger charge is 2.20. The van der Waals surface area contributed by atoms with Crippen LogP contribution in [0.1, 0.15) is 31.2 Å². The van der Waals surface area contributed by atoms with Crippen molar-refractivity contribution in [1.82, 2.24) is 19.9 Å². The number of rotatable bonds is 6. The van der Waals surface area contributed by atoms with Crippen LogP contribution in [0.25, 0.3) is 20.4 Å². The zero-order chi connectivity index (χ0) is 21.2. The molecule has 1 aliphatic rings. The largest absolute Gasteiger partial charge is 0.353 e. The minimum Gasteiger partial charge on any atom is -0.353 e. The highest BCUT2D eigenvalue weighted by atomic mass is 32.2. The van der Waals surface area contributed by atoms with Gasteiger partial charge in [0.2, 0.25) is 5.91 Å². The first-order valence-electron chi connectivity index (χ1n) is 10.4. The molecule has 158 valence electrons. The molecule has 5 rings (SSSR count). The lowest BCUT2D eigenvalue weighted by Crippen LogP contribution is -2.34. The number of thiophene rings is 1. The summed E-state index contributed by atoms with van der Waals surface area (Å²) in [6.07, 6.45) is 6.17. The van der Waals surface area contributed by atoms with Crippen LogP contribution in [0.5, 0.6) is 0 Å². The van der Waals surface area contributed by atoms with Gasteiger partial charge in [-0.05, 0) is 30.5 Å². The minimum atomic E-state index is -0.0874. The summed E-state index contributed by atoms with van der Waals surface area (Å²) < 4.78 is 2.28. The SMILES string of the molecule is O=C(CSc1nc2c(sc3ncccc32)c(=O)n1Cc1ccccc1)NC1CCCC1. The van der Waals surface area contributed by atoms with E-state index in [2.05, 4.69) is 10.3 Å². The topological polar surface area (TPSA) is 76.9 Å². The van der Waals surface area contributed by atoms with Crippen molar-refractivity contribution in [2.75, 3.05) is 5.75 Å². The summed E-state index contributed by atoms with van der Waals surface area (Å²) in [5.41, 5.74) is 1.60. The number of fused-ring (bicyclic) bond motifs is 3. The van der Waals surface area contributed by atoms with Crippen LogP contribution in [-0.2, 0) is 11.3 Å². The fourth-order valence-corrected chi connectivity index (χ4v) is 5.86. The van der Waals surface area contributed by atoms with Gasteiger partial charge in [0.05, 0.1) is 17.8 Å². The van der Waals surface area contributed by atoms with Crippen molar-refractivity contribution in [3.05, 3.63) is 64.6 Å². The van der Waals surface area contributed by atoms with Gasteiger partial charge in [0, 0.05) is 17.6 Å². The van der Waals surface area contributed by atoms with Crippen LogP contribution in [0.15, 0.2) is 58.6 Å². The van der Waals surface area contributed by atoms with Gasteiger partial charge in [-0.3, -0.25) is 14.2 Å². The van der Waals surface area contributed by atoms with Crippen molar-refractivity contribution in [2.24, 2.45) is 0 Å². The minimum absolute atomic E-state index is 0.00523. The summed E-state index contributed by atoms with van der Waals surface area (Å²) in [5.74, 6) is 0.234. The summed E-state index contributed by atoms with van der Waals surface area (Å²) in [6, 6.07) is 13.9. The molecule has 0 unspecified atom stereocenters. The van der Waals surface area contributed by atoms with Gasteiger partial charge >= 0.3 is 0 Å². The highest BCUT2D eigenvalue weighted by Crippen LogP contribution is 2.30. The van der Waals surface area contributed by atoms with E-state index < -0.39 is 0 Å². The van der Waals surface area contributed by atoms with Crippen molar-refractivity contribution in [2.45, 2.75) is 43.4 Å². The predicted octanol–water partition coefficient (Wildman–Crippen LogP) is 4.21. The quantitative estimate of drug-likeness (QED) is 0.352. The molecule has 8 heteroatoms. The van der Waals surface area contributed by atoms with E-state index in [9.17, 15) is 9.59 Å². The molecule has 1 N–H and O–H groups in total. The number of nitrogens with one attached hydrogen (secondary N) is 1. The molecule has 1 aliphatic carbocycles. The van der Waals surface area contributed by atoms with Gasteiger partial charge < -0.3 is 5.32 Å². The van der Waals surface area contributed by atoms with E-state index in [1.807, 2.05) is 42.5 Å². The summed E-state index contributed by atoms with van der Waals surface area (Å²) in [5, 5.41) is 4.55. The molecule has 3 heterocycles. The van der Waals surface area contributed by atoms with Crippen molar-refractivity contribution >= 4 is 49.4 Å². The van der Waals surface area contributed by atoms with E-state index in [1.54, 1.807) is 10.8 Å². The van der Waals surface area contributed by atoms with Gasteiger partial charge in [0.15, 0.2) is 5.16 Å². The Morgan fingerprint density at radius 1 is 1.16 bits per heavy atom. The molecule has 6 nitrogen and oxygen atoms in total. The third kappa shape index (κ3) is 4.22. The Balaban J connectivity index is 1.51. The summed E-state index contributed by atoms with van der Waals surface area (Å²) in [6.45, 7) is 0.414. The van der Waals surface area contributed by atoms with Gasteiger partial charge in [-0.2, -0.15) is 0 Å². The van der Waals surface area contributed by atoms with E-state index in [0.29, 0.717) is 21.9 Å². The third-order valence-electron chi connectivity index (χ3n) is 5.55. The highest BCUT2D eigenvalue weighted by molar-refractivity contribution is 7.99. The maximum Gasteiger partial charge on any atom is 0.272 e. The van der Waals surface area contributed by atoms with Crippen LogP contribution in [0, 0.1) is 0 Å². The molecule has 0 aliphatic heterocycles. The van der Waals surface area contributed by atoms with Crippen LogP contribution in [-0.4, -0.2) is 32.2 Å². The monoisotopic (exact) mass is 450 g/mol. The summed E-state index contributed by atoms with van der Waals surface area (Å²) in [7, 11) is 0. The van der Waals surface area contributed by atoms with Crippen LogP contribution in [0.2, 0.25) is 0 Å². The van der Waals surface area contributed by atoms with Crippen molar-refractivity contribution in [3.8, 4) is 0 Å². The molecule has 3 aromatic heterocycles. The van der Waals surface area contributed by atoms with E-state index >= 15 is 0 Å². The molecular formula is C23H22N4O2S2. The molecule has 0 radical (unpaired) electrons. The number of hydrogen-bond acceptors (Lipinski definition) is 6. The lowest BCUT2D eigenvalue weighted by atomic mass is 10.2. The fraction of sp³-hybridized carbons (Fsp3) is 0.304. The van der Waals surface area contributed by atoms with E-state index in [4.69, 9.17) is 4.98 Å². The van der Waals surface area contributed by atoms with Gasteiger partial charge in [0.1, 0.15) is 9.53 Å². The van der Waals surface area contributed by atoms with E-state index in [1.165, 1.54) is 35.9 Å². The van der Waals surface area contributed by atoms with Gasteiger partial charge in [-0.25, -0.2) is 9.97 Å². The maximum atomic E-state index is 13.4. The summed E-state index contributed by atoms with van der Waals surface area (Å²) in [4.78, 5) is 36.0. The Hall–Kier alpha value is -2.71. The summed E-state index contributed by atoms with van der Waals surface area (Å²) >= 11 is 2.69. The standard InChI is InChI=1S/C23H22N4O2S2/c28-18(25-16-9-4-5-10-16)14-30-23-26-19-17-11-6-12-24-21(17)31-20(19)22(29)27(23)13-15-7-2-1-3-8-15/h1-3,6-8,11-12,16H,4-5,9-10,13-14H2,(H,25,28). The fourth-order valence-electron chi connectivity index (χ4n) is 4.03. The predicted molar refractivity (Wildman–Crippen MR) is 126 cm³/mol. The van der Waals surface area contributed by atoms with Crippen molar-refractivity contribution in [1.29, 1.82) is 0 Å². The lowest BCUT2D eigenvalue weighted by molar-refractivity contribution is -0.119. The Morgan fingerprint density at radius 3 is 2.77 bits per heavy atom. The van der Waals surface area contributed by atoms with E-state index in [-0.39, 0.29) is 23.3 Å². The molecule has 0 saturated heterocycles. The molecule has 0 bridgehead atoms. The second kappa shape index (κ2) is 8.80. The molecular weight excluding hydrogens is 428 g/mol. The number of benzene rings is 1. The smallest absolute Gasteiger partial charge is 0.272 e. The second-order valence-electron chi connectivity index (χ2n) is 7.74. The number of hydrogen-bond donors (Lipinski definition) is 1. The molecule has 1 amide bonds. The zero-order valence-corrected chi connectivity index (χ0v) is 18.5. The third-order valence-corrected chi connectivity index (χ3v) is 7.62. The van der Waals surface area contributed by atoms with Crippen molar-refractivity contribution in [3.63, 3.8) is 0 Å². The number of carbonyl (C=O) groups is 1. The number of aromatic nitrogens is 3. The second-order valence-corrected chi connectivity index (χ2v) is 9.69. The molecule has 1 fully saturated rings. The van der Waals surface area contributed by atoms with E-state index in [0.717, 1.165) is 28.6 Å². The first-order valence-corrected chi connectivity index (χ1v) is 12.2. The molecule has 1 aromatic carbocycles. The Kier molecular flexibility index (Phi) is 5.74. The van der Waals surface area contributed by atoms with Crippen LogP contribution in [0.3, 0.4) is 0 Å². The average Bonchev–Trinajstić information content (AvgIpc) is 3.43. The number of carbonyl (C=O) groups excluding carboxylic acids is 1.